The topological polar surface area (TPSA) is 106 Å². The maximum absolute atomic E-state index is 13.1. The van der Waals surface area contributed by atoms with E-state index in [2.05, 4.69) is 6.92 Å². The zero-order valence-corrected chi connectivity index (χ0v) is 21.0. The number of benzene rings is 1. The average Bonchev–Trinajstić information content (AvgIpc) is 2.84. The minimum atomic E-state index is -0.699. The number of hydrogen-bond acceptors (Lipinski definition) is 7. The quantitative estimate of drug-likeness (QED) is 0.175. The standard InChI is InChI=1S/C27H34N2O6/c1-5-6-7-8-9-10-14-35-24-12-11-21(17-25(24)33-4)16-22-19(2)23(18-28)27(32)29(26(22)31)13-15-34-20(3)30/h11-12,16-17H,5-10,13-15H2,1-4H3/b22-16+. The summed E-state index contributed by atoms with van der Waals surface area (Å²) >= 11 is 0. The minimum Gasteiger partial charge on any atom is -0.493 e. The van der Waals surface area contributed by atoms with Crippen LogP contribution in [0.25, 0.3) is 6.08 Å². The van der Waals surface area contributed by atoms with Gasteiger partial charge >= 0.3 is 5.97 Å². The Morgan fingerprint density at radius 3 is 2.43 bits per heavy atom. The zero-order chi connectivity index (χ0) is 25.8. The molecule has 0 N–H and O–H groups in total. The van der Waals surface area contributed by atoms with Gasteiger partial charge in [-0.3, -0.25) is 19.3 Å². The lowest BCUT2D eigenvalue weighted by Gasteiger charge is -2.27. The Hall–Kier alpha value is -3.60. The zero-order valence-electron chi connectivity index (χ0n) is 21.0. The van der Waals surface area contributed by atoms with Crippen LogP contribution < -0.4 is 9.47 Å². The van der Waals surface area contributed by atoms with Gasteiger partial charge in [-0.15, -0.1) is 0 Å². The van der Waals surface area contributed by atoms with Gasteiger partial charge in [-0.2, -0.15) is 5.26 Å². The first-order valence-electron chi connectivity index (χ1n) is 12.0. The van der Waals surface area contributed by atoms with Crippen molar-refractivity contribution in [1.29, 1.82) is 5.26 Å². The van der Waals surface area contributed by atoms with Gasteiger partial charge in [0.2, 0.25) is 0 Å². The SMILES string of the molecule is CCCCCCCCOc1ccc(/C=C2/C(=O)N(CCOC(C)=O)C(=O)C(C#N)=C2C)cc1OC. The lowest BCUT2D eigenvalue weighted by molar-refractivity contribution is -0.147. The van der Waals surface area contributed by atoms with Crippen molar-refractivity contribution in [1.82, 2.24) is 4.90 Å². The third-order valence-corrected chi connectivity index (χ3v) is 5.70. The average molecular weight is 483 g/mol. The summed E-state index contributed by atoms with van der Waals surface area (Å²) in [5, 5.41) is 9.50. The number of methoxy groups -OCH3 is 1. The summed E-state index contributed by atoms with van der Waals surface area (Å²) in [6.07, 6.45) is 8.62. The van der Waals surface area contributed by atoms with E-state index in [1.54, 1.807) is 38.3 Å². The molecule has 2 amide bonds. The van der Waals surface area contributed by atoms with Gasteiger partial charge < -0.3 is 14.2 Å². The fourth-order valence-corrected chi connectivity index (χ4v) is 3.74. The Morgan fingerprint density at radius 1 is 1.06 bits per heavy atom. The van der Waals surface area contributed by atoms with Crippen LogP contribution in [0, 0.1) is 11.3 Å². The minimum absolute atomic E-state index is 0.121. The number of nitriles is 1. The van der Waals surface area contributed by atoms with E-state index in [9.17, 15) is 19.6 Å². The van der Waals surface area contributed by atoms with E-state index in [-0.39, 0.29) is 24.3 Å². The first-order chi connectivity index (χ1) is 16.8. The molecule has 1 aromatic carbocycles. The Balaban J connectivity index is 2.19. The molecule has 8 nitrogen and oxygen atoms in total. The van der Waals surface area contributed by atoms with Gasteiger partial charge in [0.15, 0.2) is 11.5 Å². The van der Waals surface area contributed by atoms with Crippen LogP contribution in [0.4, 0.5) is 0 Å². The van der Waals surface area contributed by atoms with Gasteiger partial charge in [-0.05, 0) is 42.7 Å². The van der Waals surface area contributed by atoms with Crippen LogP contribution in [0.15, 0.2) is 34.9 Å². The number of rotatable bonds is 13. The van der Waals surface area contributed by atoms with Crippen LogP contribution in [-0.2, 0) is 19.1 Å². The van der Waals surface area contributed by atoms with Crippen LogP contribution in [0.3, 0.4) is 0 Å². The molecule has 2 rings (SSSR count). The second kappa shape index (κ2) is 14.0. The molecular weight excluding hydrogens is 448 g/mol. The van der Waals surface area contributed by atoms with E-state index in [0.29, 0.717) is 29.2 Å². The smallest absolute Gasteiger partial charge is 0.302 e. The van der Waals surface area contributed by atoms with Crippen LogP contribution in [0.1, 0.15) is 64.9 Å². The van der Waals surface area contributed by atoms with E-state index in [0.717, 1.165) is 17.7 Å². The number of amides is 2. The third kappa shape index (κ3) is 7.71. The van der Waals surface area contributed by atoms with E-state index in [1.165, 1.54) is 32.6 Å². The van der Waals surface area contributed by atoms with Crippen LogP contribution in [0.5, 0.6) is 11.5 Å². The molecule has 0 bridgehead atoms. The van der Waals surface area contributed by atoms with Crippen molar-refractivity contribution in [2.75, 3.05) is 26.9 Å². The molecule has 35 heavy (non-hydrogen) atoms. The molecule has 0 saturated heterocycles. The summed E-state index contributed by atoms with van der Waals surface area (Å²) in [6.45, 7) is 5.32. The molecule has 0 saturated carbocycles. The van der Waals surface area contributed by atoms with Crippen molar-refractivity contribution in [3.63, 3.8) is 0 Å². The Morgan fingerprint density at radius 2 is 1.77 bits per heavy atom. The second-order valence-corrected chi connectivity index (χ2v) is 8.30. The number of carbonyl (C=O) groups is 3. The predicted octanol–water partition coefficient (Wildman–Crippen LogP) is 4.59. The lowest BCUT2D eigenvalue weighted by atomic mass is 9.93. The number of carbonyl (C=O) groups excluding carboxylic acids is 3. The summed E-state index contributed by atoms with van der Waals surface area (Å²) in [4.78, 5) is 37.7. The number of nitrogens with zero attached hydrogens (tertiary/aromatic N) is 2. The fourth-order valence-electron chi connectivity index (χ4n) is 3.74. The fraction of sp³-hybridized carbons (Fsp3) is 0.481. The van der Waals surface area contributed by atoms with E-state index >= 15 is 0 Å². The van der Waals surface area contributed by atoms with Gasteiger partial charge in [0.25, 0.3) is 11.8 Å². The first kappa shape index (κ1) is 27.6. The Bertz CT molecular complexity index is 1030. The number of imide groups is 1. The predicted molar refractivity (Wildman–Crippen MR) is 132 cm³/mol. The molecule has 0 radical (unpaired) electrons. The van der Waals surface area contributed by atoms with E-state index in [4.69, 9.17) is 14.2 Å². The van der Waals surface area contributed by atoms with Crippen molar-refractivity contribution in [3.8, 4) is 17.6 Å². The van der Waals surface area contributed by atoms with Gasteiger partial charge in [0, 0.05) is 12.5 Å². The Kier molecular flexibility index (Phi) is 11.0. The molecule has 0 aliphatic carbocycles. The molecular formula is C27H34N2O6. The maximum atomic E-state index is 13.1. The highest BCUT2D eigenvalue weighted by molar-refractivity contribution is 6.19. The van der Waals surface area contributed by atoms with Gasteiger partial charge in [0.1, 0.15) is 18.2 Å². The molecule has 188 valence electrons. The van der Waals surface area contributed by atoms with Crippen molar-refractivity contribution >= 4 is 23.9 Å². The molecule has 8 heteroatoms. The summed E-state index contributed by atoms with van der Waals surface area (Å²) in [5.74, 6) is -0.632. The number of hydrogen-bond donors (Lipinski definition) is 0. The van der Waals surface area contributed by atoms with E-state index < -0.39 is 17.8 Å². The Labute approximate surface area is 207 Å². The van der Waals surface area contributed by atoms with Crippen molar-refractivity contribution < 1.29 is 28.6 Å². The monoisotopic (exact) mass is 482 g/mol. The first-order valence-corrected chi connectivity index (χ1v) is 12.0. The van der Waals surface area contributed by atoms with Gasteiger partial charge in [0.05, 0.1) is 20.3 Å². The van der Waals surface area contributed by atoms with Crippen LogP contribution in [-0.4, -0.2) is 49.6 Å². The highest BCUT2D eigenvalue weighted by Crippen LogP contribution is 2.32. The number of ether oxygens (including phenoxy) is 3. The number of unbranched alkanes of at least 4 members (excludes halogenated alkanes) is 5. The van der Waals surface area contributed by atoms with Crippen LogP contribution in [0.2, 0.25) is 0 Å². The largest absolute Gasteiger partial charge is 0.493 e. The molecule has 0 unspecified atom stereocenters. The van der Waals surface area contributed by atoms with Crippen LogP contribution >= 0.6 is 0 Å². The second-order valence-electron chi connectivity index (χ2n) is 8.30. The molecule has 0 spiro atoms. The maximum Gasteiger partial charge on any atom is 0.302 e. The summed E-state index contributed by atoms with van der Waals surface area (Å²) < 4.78 is 16.2. The summed E-state index contributed by atoms with van der Waals surface area (Å²) in [5.41, 5.74) is 1.05. The van der Waals surface area contributed by atoms with Crippen molar-refractivity contribution in [3.05, 3.63) is 40.5 Å². The van der Waals surface area contributed by atoms with Crippen molar-refractivity contribution in [2.24, 2.45) is 0 Å². The molecule has 0 aromatic heterocycles. The highest BCUT2D eigenvalue weighted by atomic mass is 16.5. The summed E-state index contributed by atoms with van der Waals surface area (Å²) in [6, 6.07) is 7.21. The molecule has 1 aromatic rings. The van der Waals surface area contributed by atoms with E-state index in [1.807, 2.05) is 6.07 Å². The summed E-state index contributed by atoms with van der Waals surface area (Å²) in [7, 11) is 1.55. The normalized spacial score (nSPS) is 14.8. The molecule has 1 aliphatic rings. The third-order valence-electron chi connectivity index (χ3n) is 5.70. The van der Waals surface area contributed by atoms with Gasteiger partial charge in [-0.1, -0.05) is 45.1 Å². The molecule has 0 fully saturated rings. The lowest BCUT2D eigenvalue weighted by Crippen LogP contribution is -2.44. The highest BCUT2D eigenvalue weighted by Gasteiger charge is 2.35. The molecule has 1 aliphatic heterocycles. The van der Waals surface area contributed by atoms with Crippen molar-refractivity contribution in [2.45, 2.75) is 59.3 Å². The molecule has 1 heterocycles. The molecule has 0 atom stereocenters. The van der Waals surface area contributed by atoms with Gasteiger partial charge in [-0.25, -0.2) is 0 Å². The number of esters is 1.